The molecule has 0 saturated carbocycles. The van der Waals surface area contributed by atoms with Crippen molar-refractivity contribution in [3.05, 3.63) is 40.3 Å². The Hall–Kier alpha value is -1.59. The number of aromatic nitrogens is 1. The van der Waals surface area contributed by atoms with Crippen molar-refractivity contribution in [2.75, 3.05) is 14.2 Å². The van der Waals surface area contributed by atoms with Crippen LogP contribution in [0.4, 0.5) is 0 Å². The van der Waals surface area contributed by atoms with Gasteiger partial charge in [-0.1, -0.05) is 6.07 Å². The highest BCUT2D eigenvalue weighted by Crippen LogP contribution is 2.25. The summed E-state index contributed by atoms with van der Waals surface area (Å²) in [5.41, 5.74) is 3.85. The van der Waals surface area contributed by atoms with Crippen molar-refractivity contribution in [2.24, 2.45) is 0 Å². The van der Waals surface area contributed by atoms with Crippen LogP contribution in [0.1, 0.15) is 11.3 Å². The minimum atomic E-state index is 0.480. The Kier molecular flexibility index (Phi) is 4.55. The lowest BCUT2D eigenvalue weighted by atomic mass is 10.2. The fourth-order valence-electron chi connectivity index (χ4n) is 1.59. The van der Waals surface area contributed by atoms with Gasteiger partial charge in [0.05, 0.1) is 18.3 Å². The molecule has 1 heterocycles. The fraction of sp³-hybridized carbons (Fsp3) is 0.308. The molecule has 1 aromatic carbocycles. The van der Waals surface area contributed by atoms with E-state index in [0.29, 0.717) is 6.61 Å². The molecule has 5 heteroatoms. The van der Waals surface area contributed by atoms with E-state index in [1.54, 1.807) is 24.0 Å². The van der Waals surface area contributed by atoms with Crippen molar-refractivity contribution in [3.63, 3.8) is 0 Å². The molecular weight excluding hydrogens is 248 g/mol. The zero-order valence-corrected chi connectivity index (χ0v) is 11.3. The van der Waals surface area contributed by atoms with Gasteiger partial charge < -0.3 is 14.8 Å². The monoisotopic (exact) mass is 264 g/mol. The maximum absolute atomic E-state index is 5.80. The topological polar surface area (TPSA) is 43.4 Å². The number of rotatable bonds is 6. The minimum Gasteiger partial charge on any atom is -0.497 e. The lowest BCUT2D eigenvalue weighted by Gasteiger charge is -2.12. The van der Waals surface area contributed by atoms with Gasteiger partial charge in [-0.2, -0.15) is 0 Å². The zero-order valence-electron chi connectivity index (χ0n) is 10.5. The largest absolute Gasteiger partial charge is 0.497 e. The Morgan fingerprint density at radius 2 is 2.28 bits per heavy atom. The first-order valence-corrected chi connectivity index (χ1v) is 6.59. The van der Waals surface area contributed by atoms with E-state index in [0.717, 1.165) is 29.3 Å². The van der Waals surface area contributed by atoms with E-state index in [4.69, 9.17) is 9.47 Å². The normalized spacial score (nSPS) is 10.3. The van der Waals surface area contributed by atoms with Crippen molar-refractivity contribution in [1.29, 1.82) is 0 Å². The second kappa shape index (κ2) is 6.37. The number of nitrogens with one attached hydrogen (secondary N) is 1. The molecule has 0 aliphatic heterocycles. The molecule has 0 aliphatic carbocycles. The average Bonchev–Trinajstić information content (AvgIpc) is 2.91. The Morgan fingerprint density at radius 1 is 1.39 bits per heavy atom. The van der Waals surface area contributed by atoms with E-state index in [2.05, 4.69) is 10.3 Å². The first-order valence-electron chi connectivity index (χ1n) is 5.65. The lowest BCUT2D eigenvalue weighted by molar-refractivity contribution is 0.296. The number of nitrogens with zero attached hydrogens (tertiary/aromatic N) is 1. The van der Waals surface area contributed by atoms with Gasteiger partial charge in [0.25, 0.3) is 0 Å². The number of methoxy groups -OCH3 is 1. The second-order valence-electron chi connectivity index (χ2n) is 3.77. The Bertz CT molecular complexity index is 486. The first-order chi connectivity index (χ1) is 8.83. The zero-order chi connectivity index (χ0) is 12.8. The third-order valence-electron chi connectivity index (χ3n) is 2.50. The van der Waals surface area contributed by atoms with E-state index >= 15 is 0 Å². The number of hydrogen-bond donors (Lipinski definition) is 1. The van der Waals surface area contributed by atoms with Gasteiger partial charge in [0.1, 0.15) is 18.1 Å². The summed E-state index contributed by atoms with van der Waals surface area (Å²) in [7, 11) is 3.56. The highest BCUT2D eigenvalue weighted by atomic mass is 32.1. The Morgan fingerprint density at radius 3 is 2.94 bits per heavy atom. The van der Waals surface area contributed by atoms with Crippen LogP contribution in [-0.2, 0) is 13.2 Å². The van der Waals surface area contributed by atoms with Gasteiger partial charge in [0, 0.05) is 23.6 Å². The third kappa shape index (κ3) is 3.21. The Labute approximate surface area is 111 Å². The van der Waals surface area contributed by atoms with Crippen LogP contribution < -0.4 is 14.8 Å². The molecule has 0 amide bonds. The molecule has 2 aromatic rings. The summed E-state index contributed by atoms with van der Waals surface area (Å²) < 4.78 is 11.0. The van der Waals surface area contributed by atoms with Gasteiger partial charge in [-0.05, 0) is 13.1 Å². The maximum Gasteiger partial charge on any atom is 0.131 e. The number of ether oxygens (including phenoxy) is 2. The van der Waals surface area contributed by atoms with Gasteiger partial charge in [0.15, 0.2) is 0 Å². The third-order valence-corrected chi connectivity index (χ3v) is 3.14. The van der Waals surface area contributed by atoms with Crippen molar-refractivity contribution in [2.45, 2.75) is 13.2 Å². The van der Waals surface area contributed by atoms with Gasteiger partial charge >= 0.3 is 0 Å². The van der Waals surface area contributed by atoms with Crippen LogP contribution in [0.5, 0.6) is 11.5 Å². The molecule has 0 atom stereocenters. The van der Waals surface area contributed by atoms with Crippen molar-refractivity contribution >= 4 is 11.3 Å². The fourth-order valence-corrected chi connectivity index (χ4v) is 2.14. The molecule has 1 N–H and O–H groups in total. The Balaban J connectivity index is 2.12. The summed E-state index contributed by atoms with van der Waals surface area (Å²) >= 11 is 1.57. The van der Waals surface area contributed by atoms with Crippen LogP contribution in [0.15, 0.2) is 29.1 Å². The number of thiazole rings is 1. The van der Waals surface area contributed by atoms with Crippen molar-refractivity contribution < 1.29 is 9.47 Å². The predicted molar refractivity (Wildman–Crippen MR) is 72.2 cm³/mol. The SMILES string of the molecule is CNCc1ccc(OC)cc1OCc1cscn1. The molecule has 96 valence electrons. The molecule has 0 fully saturated rings. The van der Waals surface area contributed by atoms with Crippen LogP contribution in [0.25, 0.3) is 0 Å². The summed E-state index contributed by atoms with van der Waals surface area (Å²) in [6.07, 6.45) is 0. The molecule has 18 heavy (non-hydrogen) atoms. The predicted octanol–water partition coefficient (Wildman–Crippen LogP) is 2.45. The summed E-state index contributed by atoms with van der Waals surface area (Å²) in [6, 6.07) is 5.84. The summed E-state index contributed by atoms with van der Waals surface area (Å²) in [6.45, 7) is 1.24. The molecular formula is C13H16N2O2S. The lowest BCUT2D eigenvalue weighted by Crippen LogP contribution is -2.07. The van der Waals surface area contributed by atoms with Crippen LogP contribution in [-0.4, -0.2) is 19.1 Å². The molecule has 0 bridgehead atoms. The average molecular weight is 264 g/mol. The quantitative estimate of drug-likeness (QED) is 0.870. The molecule has 0 spiro atoms. The van der Waals surface area contributed by atoms with Crippen LogP contribution in [0.2, 0.25) is 0 Å². The maximum atomic E-state index is 5.80. The van der Waals surface area contributed by atoms with Gasteiger partial charge in [-0.3, -0.25) is 0 Å². The van der Waals surface area contributed by atoms with E-state index in [-0.39, 0.29) is 0 Å². The number of benzene rings is 1. The summed E-state index contributed by atoms with van der Waals surface area (Å²) in [4.78, 5) is 4.20. The van der Waals surface area contributed by atoms with Gasteiger partial charge in [0.2, 0.25) is 0 Å². The molecule has 0 unspecified atom stereocenters. The first kappa shape index (κ1) is 12.9. The van der Waals surface area contributed by atoms with E-state index < -0.39 is 0 Å². The minimum absolute atomic E-state index is 0.480. The highest BCUT2D eigenvalue weighted by molar-refractivity contribution is 7.07. The molecule has 0 aliphatic rings. The van der Waals surface area contributed by atoms with E-state index in [1.165, 1.54) is 0 Å². The van der Waals surface area contributed by atoms with Crippen LogP contribution in [0, 0.1) is 0 Å². The smallest absolute Gasteiger partial charge is 0.131 e. The van der Waals surface area contributed by atoms with Gasteiger partial charge in [-0.25, -0.2) is 4.98 Å². The van der Waals surface area contributed by atoms with E-state index in [1.807, 2.05) is 30.6 Å². The van der Waals surface area contributed by atoms with Crippen LogP contribution in [0.3, 0.4) is 0 Å². The van der Waals surface area contributed by atoms with Crippen LogP contribution >= 0.6 is 11.3 Å². The molecule has 0 saturated heterocycles. The van der Waals surface area contributed by atoms with Crippen molar-refractivity contribution in [3.8, 4) is 11.5 Å². The molecule has 1 aromatic heterocycles. The summed E-state index contributed by atoms with van der Waals surface area (Å²) in [5.74, 6) is 1.62. The standard InChI is InChI=1S/C13H16N2O2S/c1-14-6-10-3-4-12(16-2)5-13(10)17-7-11-8-18-9-15-11/h3-5,8-9,14H,6-7H2,1-2H3. The number of hydrogen-bond acceptors (Lipinski definition) is 5. The highest BCUT2D eigenvalue weighted by Gasteiger charge is 2.06. The molecule has 2 rings (SSSR count). The second-order valence-corrected chi connectivity index (χ2v) is 4.49. The molecule has 4 nitrogen and oxygen atoms in total. The van der Waals surface area contributed by atoms with E-state index in [9.17, 15) is 0 Å². The van der Waals surface area contributed by atoms with Crippen molar-refractivity contribution in [1.82, 2.24) is 10.3 Å². The van der Waals surface area contributed by atoms with Gasteiger partial charge in [-0.15, -0.1) is 11.3 Å². The molecule has 0 radical (unpaired) electrons. The summed E-state index contributed by atoms with van der Waals surface area (Å²) in [5, 5.41) is 5.10.